The zero-order valence-electron chi connectivity index (χ0n) is 14.1. The number of hydrogen-bond acceptors (Lipinski definition) is 6. The molecule has 0 spiro atoms. The number of rotatable bonds is 7. The Morgan fingerprint density at radius 2 is 1.60 bits per heavy atom. The van der Waals surface area contributed by atoms with E-state index < -0.39 is 4.92 Å². The van der Waals surface area contributed by atoms with E-state index in [0.29, 0.717) is 28.5 Å². The van der Waals surface area contributed by atoms with Crippen molar-refractivity contribution in [3.63, 3.8) is 0 Å². The summed E-state index contributed by atoms with van der Waals surface area (Å²) >= 11 is 0. The number of carbonyl (C=O) groups is 1. The summed E-state index contributed by atoms with van der Waals surface area (Å²) in [7, 11) is 4.47. The lowest BCUT2D eigenvalue weighted by Gasteiger charge is -2.14. The third kappa shape index (κ3) is 4.37. The Kier molecular flexibility index (Phi) is 5.78. The minimum absolute atomic E-state index is 0.0196. The predicted octanol–water partition coefficient (Wildman–Crippen LogP) is 2.80. The van der Waals surface area contributed by atoms with Crippen LogP contribution >= 0.6 is 0 Å². The van der Waals surface area contributed by atoms with E-state index in [0.717, 1.165) is 0 Å². The molecular formula is C17H18N2O6. The summed E-state index contributed by atoms with van der Waals surface area (Å²) in [6, 6.07) is 9.06. The zero-order valence-corrected chi connectivity index (χ0v) is 14.1. The molecule has 0 saturated carbocycles. The first kappa shape index (κ1) is 18.1. The molecule has 8 heteroatoms. The molecule has 0 heterocycles. The van der Waals surface area contributed by atoms with Gasteiger partial charge in [-0.3, -0.25) is 14.9 Å². The SMILES string of the molecule is COc1cc(NC(=O)Cc2ccc([N+](=O)[O-])cc2)cc(OC)c1OC. The van der Waals surface area contributed by atoms with Gasteiger partial charge in [0.15, 0.2) is 11.5 Å². The average Bonchev–Trinajstić information content (AvgIpc) is 2.61. The Bertz CT molecular complexity index is 748. The predicted molar refractivity (Wildman–Crippen MR) is 91.5 cm³/mol. The highest BCUT2D eigenvalue weighted by molar-refractivity contribution is 5.93. The monoisotopic (exact) mass is 346 g/mol. The summed E-state index contributed by atoms with van der Waals surface area (Å²) in [6.45, 7) is 0. The third-order valence-electron chi connectivity index (χ3n) is 3.46. The van der Waals surface area contributed by atoms with Crippen LogP contribution in [0.15, 0.2) is 36.4 Å². The van der Waals surface area contributed by atoms with Crippen LogP contribution in [0.1, 0.15) is 5.56 Å². The van der Waals surface area contributed by atoms with Crippen LogP contribution in [0.25, 0.3) is 0 Å². The molecule has 2 rings (SSSR count). The molecule has 0 aliphatic heterocycles. The summed E-state index contributed by atoms with van der Waals surface area (Å²) < 4.78 is 15.7. The third-order valence-corrected chi connectivity index (χ3v) is 3.46. The maximum atomic E-state index is 12.2. The van der Waals surface area contributed by atoms with Gasteiger partial charge in [-0.1, -0.05) is 12.1 Å². The standard InChI is InChI=1S/C17H18N2O6/c1-23-14-9-12(10-15(24-2)17(14)25-3)18-16(20)8-11-4-6-13(7-5-11)19(21)22/h4-7,9-10H,8H2,1-3H3,(H,18,20). The first-order chi connectivity index (χ1) is 12.0. The van der Waals surface area contributed by atoms with E-state index in [9.17, 15) is 14.9 Å². The minimum Gasteiger partial charge on any atom is -0.493 e. The molecule has 0 aliphatic rings. The van der Waals surface area contributed by atoms with Crippen LogP contribution in [0.4, 0.5) is 11.4 Å². The summed E-state index contributed by atoms with van der Waals surface area (Å²) in [5.74, 6) is 1.00. The number of ether oxygens (including phenoxy) is 3. The lowest BCUT2D eigenvalue weighted by atomic mass is 10.1. The van der Waals surface area contributed by atoms with Crippen LogP contribution in [0.5, 0.6) is 17.2 Å². The molecule has 0 fully saturated rings. The van der Waals surface area contributed by atoms with Gasteiger partial charge in [0, 0.05) is 30.0 Å². The van der Waals surface area contributed by atoms with Crippen molar-refractivity contribution >= 4 is 17.3 Å². The molecule has 1 N–H and O–H groups in total. The fourth-order valence-electron chi connectivity index (χ4n) is 2.28. The van der Waals surface area contributed by atoms with Crippen LogP contribution in [0.3, 0.4) is 0 Å². The van der Waals surface area contributed by atoms with Crippen molar-refractivity contribution in [3.8, 4) is 17.2 Å². The number of carbonyl (C=O) groups excluding carboxylic acids is 1. The van der Waals surface area contributed by atoms with Gasteiger partial charge in [-0.25, -0.2) is 0 Å². The fourth-order valence-corrected chi connectivity index (χ4v) is 2.28. The van der Waals surface area contributed by atoms with Crippen molar-refractivity contribution in [1.29, 1.82) is 0 Å². The molecule has 2 aromatic carbocycles. The van der Waals surface area contributed by atoms with E-state index in [1.165, 1.54) is 33.5 Å². The number of benzene rings is 2. The number of nitro groups is 1. The van der Waals surface area contributed by atoms with Crippen LogP contribution in [-0.2, 0) is 11.2 Å². The smallest absolute Gasteiger partial charge is 0.269 e. The Labute approximate surface area is 144 Å². The molecule has 1 amide bonds. The molecular weight excluding hydrogens is 328 g/mol. The number of nitrogens with one attached hydrogen (secondary N) is 1. The molecule has 0 aromatic heterocycles. The topological polar surface area (TPSA) is 99.9 Å². The van der Waals surface area contributed by atoms with Gasteiger partial charge in [0.25, 0.3) is 5.69 Å². The molecule has 0 saturated heterocycles. The highest BCUT2D eigenvalue weighted by Gasteiger charge is 2.15. The Hall–Kier alpha value is -3.29. The van der Waals surface area contributed by atoms with E-state index in [4.69, 9.17) is 14.2 Å². The molecule has 25 heavy (non-hydrogen) atoms. The van der Waals surface area contributed by atoms with Crippen molar-refractivity contribution in [3.05, 3.63) is 52.1 Å². The summed E-state index contributed by atoms with van der Waals surface area (Å²) in [6.07, 6.45) is 0.0780. The van der Waals surface area contributed by atoms with Crippen LogP contribution in [-0.4, -0.2) is 32.2 Å². The first-order valence-corrected chi connectivity index (χ1v) is 7.31. The van der Waals surface area contributed by atoms with E-state index in [-0.39, 0.29) is 18.0 Å². The van der Waals surface area contributed by atoms with E-state index in [2.05, 4.69) is 5.32 Å². The second kappa shape index (κ2) is 8.00. The Balaban J connectivity index is 2.13. The normalized spacial score (nSPS) is 10.0. The summed E-state index contributed by atoms with van der Waals surface area (Å²) in [5, 5.41) is 13.4. The van der Waals surface area contributed by atoms with Crippen molar-refractivity contribution in [2.45, 2.75) is 6.42 Å². The number of anilines is 1. The number of amides is 1. The maximum absolute atomic E-state index is 12.2. The minimum atomic E-state index is -0.486. The van der Waals surface area contributed by atoms with Crippen molar-refractivity contribution in [2.75, 3.05) is 26.6 Å². The summed E-state index contributed by atoms with van der Waals surface area (Å²) in [5.41, 5.74) is 1.13. The fraction of sp³-hybridized carbons (Fsp3) is 0.235. The zero-order chi connectivity index (χ0) is 18.4. The van der Waals surface area contributed by atoms with E-state index in [1.807, 2.05) is 0 Å². The number of nitro benzene ring substituents is 1. The van der Waals surface area contributed by atoms with Gasteiger partial charge in [0.05, 0.1) is 32.7 Å². The van der Waals surface area contributed by atoms with Crippen LogP contribution < -0.4 is 19.5 Å². The second-order valence-corrected chi connectivity index (χ2v) is 5.06. The van der Waals surface area contributed by atoms with Gasteiger partial charge in [0.2, 0.25) is 11.7 Å². The molecule has 0 atom stereocenters. The number of methoxy groups -OCH3 is 3. The number of nitrogens with zero attached hydrogens (tertiary/aromatic N) is 1. The molecule has 132 valence electrons. The molecule has 0 unspecified atom stereocenters. The maximum Gasteiger partial charge on any atom is 0.269 e. The lowest BCUT2D eigenvalue weighted by molar-refractivity contribution is -0.384. The van der Waals surface area contributed by atoms with Gasteiger partial charge in [-0.05, 0) is 5.56 Å². The van der Waals surface area contributed by atoms with Gasteiger partial charge >= 0.3 is 0 Å². The average molecular weight is 346 g/mol. The van der Waals surface area contributed by atoms with Crippen LogP contribution in [0, 0.1) is 10.1 Å². The molecule has 0 bridgehead atoms. The molecule has 8 nitrogen and oxygen atoms in total. The lowest BCUT2D eigenvalue weighted by Crippen LogP contribution is -2.14. The Morgan fingerprint density at radius 3 is 2.04 bits per heavy atom. The van der Waals surface area contributed by atoms with Crippen molar-refractivity contribution in [1.82, 2.24) is 0 Å². The molecule has 0 aliphatic carbocycles. The number of non-ortho nitro benzene ring substituents is 1. The quantitative estimate of drug-likeness (QED) is 0.611. The van der Waals surface area contributed by atoms with E-state index >= 15 is 0 Å². The first-order valence-electron chi connectivity index (χ1n) is 7.31. The van der Waals surface area contributed by atoms with Gasteiger partial charge in [0.1, 0.15) is 0 Å². The van der Waals surface area contributed by atoms with E-state index in [1.54, 1.807) is 24.3 Å². The van der Waals surface area contributed by atoms with Gasteiger partial charge in [-0.2, -0.15) is 0 Å². The Morgan fingerprint density at radius 1 is 1.04 bits per heavy atom. The molecule has 2 aromatic rings. The van der Waals surface area contributed by atoms with Gasteiger partial charge in [-0.15, -0.1) is 0 Å². The highest BCUT2D eigenvalue weighted by atomic mass is 16.6. The largest absolute Gasteiger partial charge is 0.493 e. The highest BCUT2D eigenvalue weighted by Crippen LogP contribution is 2.39. The second-order valence-electron chi connectivity index (χ2n) is 5.06. The molecule has 0 radical (unpaired) electrons. The van der Waals surface area contributed by atoms with Crippen molar-refractivity contribution in [2.24, 2.45) is 0 Å². The van der Waals surface area contributed by atoms with Gasteiger partial charge < -0.3 is 19.5 Å². The summed E-state index contributed by atoms with van der Waals surface area (Å²) in [4.78, 5) is 22.4. The van der Waals surface area contributed by atoms with Crippen LogP contribution in [0.2, 0.25) is 0 Å². The number of hydrogen-bond donors (Lipinski definition) is 1. The van der Waals surface area contributed by atoms with Crippen molar-refractivity contribution < 1.29 is 23.9 Å².